The Labute approximate surface area is 141 Å². The van der Waals surface area contributed by atoms with Crippen LogP contribution in [0.25, 0.3) is 11.0 Å². The number of rotatable bonds is 3. The molecule has 0 radical (unpaired) electrons. The maximum atomic E-state index is 14.4. The van der Waals surface area contributed by atoms with Gasteiger partial charge in [0.25, 0.3) is 5.91 Å². The van der Waals surface area contributed by atoms with Gasteiger partial charge in [-0.3, -0.25) is 9.59 Å². The molecule has 1 aliphatic heterocycles. The minimum absolute atomic E-state index is 0.0299. The van der Waals surface area contributed by atoms with Gasteiger partial charge in [-0.25, -0.2) is 4.39 Å². The van der Waals surface area contributed by atoms with Gasteiger partial charge in [0.05, 0.1) is 23.6 Å². The molecule has 1 amide bonds. The summed E-state index contributed by atoms with van der Waals surface area (Å²) in [6.07, 6.45) is 0. The number of halogens is 1. The number of amides is 1. The fourth-order valence-corrected chi connectivity index (χ4v) is 3.33. The number of benzene rings is 2. The Hall–Kier alpha value is -2.99. The maximum absolute atomic E-state index is 14.4. The molecule has 3 aromatic rings. The largest absolute Gasteiger partial charge is 0.450 e. The topological polar surface area (TPSA) is 70.8 Å². The average molecular weight is 339 g/mol. The van der Waals surface area contributed by atoms with Crippen molar-refractivity contribution >= 4 is 16.9 Å². The van der Waals surface area contributed by atoms with Gasteiger partial charge in [0.1, 0.15) is 11.4 Å². The van der Waals surface area contributed by atoms with Crippen LogP contribution in [0.4, 0.5) is 4.39 Å². The molecule has 0 spiro atoms. The van der Waals surface area contributed by atoms with E-state index in [1.54, 1.807) is 30.3 Å². The van der Waals surface area contributed by atoms with Gasteiger partial charge in [0, 0.05) is 12.1 Å². The third kappa shape index (κ3) is 2.26. The first-order valence-electron chi connectivity index (χ1n) is 7.85. The summed E-state index contributed by atoms with van der Waals surface area (Å²) in [4.78, 5) is 27.0. The molecule has 1 aliphatic rings. The number of hydrogen-bond acceptors (Lipinski definition) is 4. The van der Waals surface area contributed by atoms with E-state index in [0.717, 1.165) is 0 Å². The van der Waals surface area contributed by atoms with Gasteiger partial charge in [-0.15, -0.1) is 0 Å². The van der Waals surface area contributed by atoms with Crippen LogP contribution < -0.4 is 5.43 Å². The molecule has 5 nitrogen and oxygen atoms in total. The first kappa shape index (κ1) is 15.5. The monoisotopic (exact) mass is 339 g/mol. The summed E-state index contributed by atoms with van der Waals surface area (Å²) >= 11 is 0. The molecular formula is C19H14FNO4. The first-order valence-corrected chi connectivity index (χ1v) is 7.85. The highest BCUT2D eigenvalue weighted by Gasteiger charge is 2.43. The Balaban J connectivity index is 2.04. The van der Waals surface area contributed by atoms with Crippen LogP contribution in [0, 0.1) is 5.82 Å². The van der Waals surface area contributed by atoms with Gasteiger partial charge in [0.2, 0.25) is 5.76 Å². The standard InChI is InChI=1S/C19H14FNO4/c20-13-7-3-1-5-11(13)16-15-17(23)12-6-2-4-8-14(12)25-18(15)19(24)21(16)9-10-22/h1-8,16,22H,9-10H2. The molecular weight excluding hydrogens is 325 g/mol. The van der Waals surface area contributed by atoms with Gasteiger partial charge < -0.3 is 14.4 Å². The molecule has 1 N–H and O–H groups in total. The number of β-amino-alcohol motifs (C(OH)–C–C–N with tert-alkyl or cyclic N) is 1. The molecule has 0 saturated carbocycles. The smallest absolute Gasteiger partial charge is 0.290 e. The van der Waals surface area contributed by atoms with E-state index >= 15 is 0 Å². The molecule has 1 aromatic heterocycles. The highest BCUT2D eigenvalue weighted by Crippen LogP contribution is 2.38. The molecule has 1 unspecified atom stereocenters. The van der Waals surface area contributed by atoms with Crippen LogP contribution in [0.5, 0.6) is 0 Å². The predicted octanol–water partition coefficient (Wildman–Crippen LogP) is 2.47. The molecule has 25 heavy (non-hydrogen) atoms. The normalized spacial score (nSPS) is 16.5. The van der Waals surface area contributed by atoms with E-state index in [4.69, 9.17) is 4.42 Å². The van der Waals surface area contributed by atoms with Gasteiger partial charge in [-0.2, -0.15) is 0 Å². The van der Waals surface area contributed by atoms with Crippen LogP contribution in [0.3, 0.4) is 0 Å². The molecule has 1 atom stereocenters. The van der Waals surface area contributed by atoms with E-state index in [9.17, 15) is 19.1 Å². The van der Waals surface area contributed by atoms with Crippen molar-refractivity contribution in [2.75, 3.05) is 13.2 Å². The molecule has 2 aromatic carbocycles. The zero-order valence-corrected chi connectivity index (χ0v) is 13.1. The van der Waals surface area contributed by atoms with Gasteiger partial charge in [-0.1, -0.05) is 30.3 Å². The Morgan fingerprint density at radius 2 is 1.80 bits per heavy atom. The second-order valence-electron chi connectivity index (χ2n) is 5.82. The van der Waals surface area contributed by atoms with E-state index < -0.39 is 17.8 Å². The zero-order valence-electron chi connectivity index (χ0n) is 13.1. The fraction of sp³-hybridized carbons (Fsp3) is 0.158. The number of hydrogen-bond donors (Lipinski definition) is 1. The van der Waals surface area contributed by atoms with Gasteiger partial charge >= 0.3 is 0 Å². The number of carbonyl (C=O) groups is 1. The predicted molar refractivity (Wildman–Crippen MR) is 88.8 cm³/mol. The molecule has 126 valence electrons. The maximum Gasteiger partial charge on any atom is 0.290 e. The summed E-state index contributed by atoms with van der Waals surface area (Å²) in [5.41, 5.74) is 0.254. The lowest BCUT2D eigenvalue weighted by atomic mass is 9.98. The third-order valence-corrected chi connectivity index (χ3v) is 4.41. The fourth-order valence-electron chi connectivity index (χ4n) is 3.33. The number of para-hydroxylation sites is 1. The number of fused-ring (bicyclic) bond motifs is 2. The van der Waals surface area contributed by atoms with E-state index in [1.807, 2.05) is 0 Å². The summed E-state index contributed by atoms with van der Waals surface area (Å²) in [5.74, 6) is -1.14. The van der Waals surface area contributed by atoms with Crippen LogP contribution in [0.1, 0.15) is 27.7 Å². The van der Waals surface area contributed by atoms with E-state index in [2.05, 4.69) is 0 Å². The van der Waals surface area contributed by atoms with E-state index in [-0.39, 0.29) is 35.5 Å². The third-order valence-electron chi connectivity index (χ3n) is 4.41. The summed E-state index contributed by atoms with van der Waals surface area (Å²) < 4.78 is 20.1. The van der Waals surface area contributed by atoms with Crippen LogP contribution in [0.15, 0.2) is 57.7 Å². The molecule has 4 rings (SSSR count). The van der Waals surface area contributed by atoms with Crippen molar-refractivity contribution in [2.45, 2.75) is 6.04 Å². The lowest BCUT2D eigenvalue weighted by Crippen LogP contribution is -2.32. The Morgan fingerprint density at radius 1 is 1.08 bits per heavy atom. The quantitative estimate of drug-likeness (QED) is 0.796. The second-order valence-corrected chi connectivity index (χ2v) is 5.82. The number of carbonyl (C=O) groups excluding carboxylic acids is 1. The first-order chi connectivity index (χ1) is 12.1. The van der Waals surface area contributed by atoms with Crippen molar-refractivity contribution < 1.29 is 18.7 Å². The minimum atomic E-state index is -0.920. The average Bonchev–Trinajstić information content (AvgIpc) is 2.89. The summed E-state index contributed by atoms with van der Waals surface area (Å²) in [7, 11) is 0. The summed E-state index contributed by atoms with van der Waals surface area (Å²) in [6.45, 7) is -0.337. The molecule has 6 heteroatoms. The Bertz CT molecular complexity index is 1040. The van der Waals surface area contributed by atoms with E-state index in [0.29, 0.717) is 11.0 Å². The highest BCUT2D eigenvalue weighted by molar-refractivity contribution is 5.99. The molecule has 0 fully saturated rings. The van der Waals surface area contributed by atoms with Gasteiger partial charge in [-0.05, 0) is 18.2 Å². The molecule has 0 saturated heterocycles. The van der Waals surface area contributed by atoms with Crippen molar-refractivity contribution in [3.8, 4) is 0 Å². The Morgan fingerprint density at radius 3 is 2.56 bits per heavy atom. The summed E-state index contributed by atoms with van der Waals surface area (Å²) in [5, 5.41) is 9.65. The van der Waals surface area contributed by atoms with Crippen LogP contribution >= 0.6 is 0 Å². The molecule has 0 aliphatic carbocycles. The zero-order chi connectivity index (χ0) is 17.6. The Kier molecular flexibility index (Phi) is 3.62. The van der Waals surface area contributed by atoms with Crippen molar-refractivity contribution in [1.29, 1.82) is 0 Å². The molecule has 0 bridgehead atoms. The van der Waals surface area contributed by atoms with Gasteiger partial charge in [0.15, 0.2) is 5.43 Å². The number of aliphatic hydroxyl groups is 1. The van der Waals surface area contributed by atoms with Crippen LogP contribution in [0.2, 0.25) is 0 Å². The number of nitrogens with zero attached hydrogens (tertiary/aromatic N) is 1. The summed E-state index contributed by atoms with van der Waals surface area (Å²) in [6, 6.07) is 11.7. The van der Waals surface area contributed by atoms with Crippen molar-refractivity contribution in [3.63, 3.8) is 0 Å². The van der Waals surface area contributed by atoms with Crippen molar-refractivity contribution in [2.24, 2.45) is 0 Å². The second kappa shape index (κ2) is 5.82. The van der Waals surface area contributed by atoms with Crippen molar-refractivity contribution in [1.82, 2.24) is 4.90 Å². The van der Waals surface area contributed by atoms with Crippen molar-refractivity contribution in [3.05, 3.63) is 81.5 Å². The number of aliphatic hydroxyl groups excluding tert-OH is 1. The van der Waals surface area contributed by atoms with Crippen LogP contribution in [-0.2, 0) is 0 Å². The lowest BCUT2D eigenvalue weighted by molar-refractivity contribution is 0.0689. The molecule has 2 heterocycles. The van der Waals surface area contributed by atoms with Crippen LogP contribution in [-0.4, -0.2) is 29.1 Å². The SMILES string of the molecule is O=C1c2oc3ccccc3c(=O)c2C(c2ccccc2F)N1CCO. The minimum Gasteiger partial charge on any atom is -0.450 e. The highest BCUT2D eigenvalue weighted by atomic mass is 19.1. The van der Waals surface area contributed by atoms with E-state index in [1.165, 1.54) is 23.1 Å². The lowest BCUT2D eigenvalue weighted by Gasteiger charge is -2.24.